The molecule has 0 aliphatic rings. The molecule has 3 N–H and O–H groups in total. The zero-order chi connectivity index (χ0) is 18.8. The molecular weight excluding hydrogens is 348 g/mol. The van der Waals surface area contributed by atoms with Crippen LogP contribution in [0.4, 0.5) is 5.69 Å². The summed E-state index contributed by atoms with van der Waals surface area (Å²) in [7, 11) is 0. The molecule has 0 aromatic heterocycles. The third-order valence-electron chi connectivity index (χ3n) is 3.65. The van der Waals surface area contributed by atoms with Crippen LogP contribution >= 0.6 is 11.6 Å². The molecule has 2 aromatic rings. The third kappa shape index (κ3) is 6.76. The zero-order valence-electron chi connectivity index (χ0n) is 15.2. The number of nitrogens with zero attached hydrogens (tertiary/aromatic N) is 1. The van der Waals surface area contributed by atoms with Gasteiger partial charge in [0.05, 0.1) is 17.3 Å². The molecule has 0 fully saturated rings. The summed E-state index contributed by atoms with van der Waals surface area (Å²) in [6.45, 7) is 5.79. The van der Waals surface area contributed by atoms with Crippen molar-refractivity contribution in [1.82, 2.24) is 10.6 Å². The summed E-state index contributed by atoms with van der Waals surface area (Å²) in [4.78, 5) is 16.6. The normalized spacial score (nSPS) is 11.1. The molecule has 2 aromatic carbocycles. The second-order valence-electron chi connectivity index (χ2n) is 5.89. The van der Waals surface area contributed by atoms with Crippen LogP contribution in [0.1, 0.15) is 24.5 Å². The fraction of sp³-hybridized carbons (Fsp3) is 0.300. The number of rotatable bonds is 7. The first-order chi connectivity index (χ1) is 12.6. The van der Waals surface area contributed by atoms with Crippen molar-refractivity contribution < 1.29 is 4.79 Å². The summed E-state index contributed by atoms with van der Waals surface area (Å²) >= 11 is 6.14. The molecule has 6 heteroatoms. The van der Waals surface area contributed by atoms with Crippen LogP contribution in [0.15, 0.2) is 53.5 Å². The molecule has 0 heterocycles. The number of hydrogen-bond donors (Lipinski definition) is 3. The maximum Gasteiger partial charge on any atom is 0.226 e. The van der Waals surface area contributed by atoms with E-state index in [0.717, 1.165) is 17.7 Å². The average molecular weight is 373 g/mol. The molecule has 1 amide bonds. The van der Waals surface area contributed by atoms with Gasteiger partial charge in [0, 0.05) is 19.5 Å². The van der Waals surface area contributed by atoms with Crippen molar-refractivity contribution in [2.45, 2.75) is 26.8 Å². The first-order valence-electron chi connectivity index (χ1n) is 8.70. The molecule has 0 radical (unpaired) electrons. The van der Waals surface area contributed by atoms with E-state index in [1.165, 1.54) is 0 Å². The number of anilines is 1. The minimum absolute atomic E-state index is 0.0952. The summed E-state index contributed by atoms with van der Waals surface area (Å²) in [6, 6.07) is 15.6. The van der Waals surface area contributed by atoms with Gasteiger partial charge in [0.25, 0.3) is 0 Å². The molecule has 0 unspecified atom stereocenters. The molecule has 5 nitrogen and oxygen atoms in total. The molecule has 138 valence electrons. The van der Waals surface area contributed by atoms with Crippen LogP contribution in [0, 0.1) is 6.92 Å². The van der Waals surface area contributed by atoms with Crippen LogP contribution in [-0.2, 0) is 11.3 Å². The van der Waals surface area contributed by atoms with E-state index in [2.05, 4.69) is 20.9 Å². The predicted molar refractivity (Wildman–Crippen MR) is 109 cm³/mol. The number of carbonyl (C=O) groups excluding carboxylic acids is 1. The molecule has 26 heavy (non-hydrogen) atoms. The Kier molecular flexibility index (Phi) is 7.96. The van der Waals surface area contributed by atoms with Gasteiger partial charge in [-0.05, 0) is 37.1 Å². The SMILES string of the molecule is CCNC(=NCc1ccccc1)NCCC(=O)Nc1ccc(C)cc1Cl. The van der Waals surface area contributed by atoms with E-state index in [-0.39, 0.29) is 5.91 Å². The van der Waals surface area contributed by atoms with Crippen molar-refractivity contribution in [2.75, 3.05) is 18.4 Å². The number of halogens is 1. The largest absolute Gasteiger partial charge is 0.357 e. The van der Waals surface area contributed by atoms with Crippen molar-refractivity contribution in [1.29, 1.82) is 0 Å². The number of benzene rings is 2. The average Bonchev–Trinajstić information content (AvgIpc) is 2.63. The Balaban J connectivity index is 1.82. The molecule has 0 aliphatic heterocycles. The minimum atomic E-state index is -0.0952. The molecule has 2 rings (SSSR count). The topological polar surface area (TPSA) is 65.5 Å². The Labute approximate surface area is 159 Å². The van der Waals surface area contributed by atoms with E-state index in [9.17, 15) is 4.79 Å². The number of guanidine groups is 1. The Morgan fingerprint density at radius 2 is 1.88 bits per heavy atom. The van der Waals surface area contributed by atoms with Gasteiger partial charge >= 0.3 is 0 Å². The summed E-state index contributed by atoms with van der Waals surface area (Å²) in [5, 5.41) is 9.73. The molecule has 0 spiro atoms. The second-order valence-corrected chi connectivity index (χ2v) is 6.30. The molecule has 0 saturated carbocycles. The molecule has 0 atom stereocenters. The summed E-state index contributed by atoms with van der Waals surface area (Å²) in [6.07, 6.45) is 0.319. The van der Waals surface area contributed by atoms with E-state index in [1.54, 1.807) is 0 Å². The van der Waals surface area contributed by atoms with Gasteiger partial charge in [-0.15, -0.1) is 0 Å². The monoisotopic (exact) mass is 372 g/mol. The number of aryl methyl sites for hydroxylation is 1. The van der Waals surface area contributed by atoms with Crippen molar-refractivity contribution in [2.24, 2.45) is 4.99 Å². The van der Waals surface area contributed by atoms with E-state index in [0.29, 0.717) is 36.2 Å². The standard InChI is InChI=1S/C20H25ClN4O/c1-3-22-20(24-14-16-7-5-4-6-8-16)23-12-11-19(26)25-18-10-9-15(2)13-17(18)21/h4-10,13H,3,11-12,14H2,1-2H3,(H,25,26)(H2,22,23,24). The van der Waals surface area contributed by atoms with E-state index in [1.807, 2.05) is 62.4 Å². The Bertz CT molecular complexity index is 747. The number of carbonyl (C=O) groups is 1. The lowest BCUT2D eigenvalue weighted by Crippen LogP contribution is -2.38. The second kappa shape index (κ2) is 10.5. The third-order valence-corrected chi connectivity index (χ3v) is 3.96. The zero-order valence-corrected chi connectivity index (χ0v) is 15.9. The number of amides is 1. The van der Waals surface area contributed by atoms with Gasteiger partial charge in [-0.25, -0.2) is 4.99 Å². The smallest absolute Gasteiger partial charge is 0.226 e. The molecule has 0 saturated heterocycles. The summed E-state index contributed by atoms with van der Waals surface area (Å²) in [5.74, 6) is 0.597. The Morgan fingerprint density at radius 1 is 1.12 bits per heavy atom. The van der Waals surface area contributed by atoms with Crippen molar-refractivity contribution in [3.63, 3.8) is 0 Å². The van der Waals surface area contributed by atoms with E-state index >= 15 is 0 Å². The van der Waals surface area contributed by atoms with Gasteiger partial charge < -0.3 is 16.0 Å². The maximum absolute atomic E-state index is 12.1. The maximum atomic E-state index is 12.1. The predicted octanol–water partition coefficient (Wildman–Crippen LogP) is 3.73. The van der Waals surface area contributed by atoms with Gasteiger partial charge in [0.2, 0.25) is 5.91 Å². The highest BCUT2D eigenvalue weighted by Crippen LogP contribution is 2.22. The van der Waals surface area contributed by atoms with Crippen LogP contribution in [0.3, 0.4) is 0 Å². The lowest BCUT2D eigenvalue weighted by molar-refractivity contribution is -0.116. The Hall–Kier alpha value is -2.53. The van der Waals surface area contributed by atoms with Gasteiger partial charge in [0.15, 0.2) is 5.96 Å². The highest BCUT2D eigenvalue weighted by molar-refractivity contribution is 6.33. The molecular formula is C20H25ClN4O. The lowest BCUT2D eigenvalue weighted by Gasteiger charge is -2.12. The first kappa shape index (κ1) is 19.8. The van der Waals surface area contributed by atoms with Gasteiger partial charge in [0.1, 0.15) is 0 Å². The van der Waals surface area contributed by atoms with Crippen LogP contribution in [0.2, 0.25) is 5.02 Å². The fourth-order valence-electron chi connectivity index (χ4n) is 2.32. The van der Waals surface area contributed by atoms with Crippen molar-refractivity contribution >= 4 is 29.2 Å². The first-order valence-corrected chi connectivity index (χ1v) is 9.08. The van der Waals surface area contributed by atoms with Crippen molar-refractivity contribution in [3.05, 3.63) is 64.7 Å². The van der Waals surface area contributed by atoms with Gasteiger partial charge in [-0.1, -0.05) is 48.0 Å². The number of hydrogen-bond acceptors (Lipinski definition) is 2. The van der Waals surface area contributed by atoms with Crippen LogP contribution in [0.5, 0.6) is 0 Å². The summed E-state index contributed by atoms with van der Waals surface area (Å²) < 4.78 is 0. The number of nitrogens with one attached hydrogen (secondary N) is 3. The van der Waals surface area contributed by atoms with E-state index in [4.69, 9.17) is 11.6 Å². The van der Waals surface area contributed by atoms with Crippen molar-refractivity contribution in [3.8, 4) is 0 Å². The van der Waals surface area contributed by atoms with Crippen LogP contribution < -0.4 is 16.0 Å². The molecule has 0 aliphatic carbocycles. The van der Waals surface area contributed by atoms with Crippen LogP contribution in [0.25, 0.3) is 0 Å². The summed E-state index contributed by atoms with van der Waals surface area (Å²) in [5.41, 5.74) is 2.82. The Morgan fingerprint density at radius 3 is 2.58 bits per heavy atom. The highest BCUT2D eigenvalue weighted by Gasteiger charge is 2.06. The lowest BCUT2D eigenvalue weighted by atomic mass is 10.2. The van der Waals surface area contributed by atoms with Gasteiger partial charge in [-0.3, -0.25) is 4.79 Å². The minimum Gasteiger partial charge on any atom is -0.357 e. The van der Waals surface area contributed by atoms with E-state index < -0.39 is 0 Å². The molecule has 0 bridgehead atoms. The fourth-order valence-corrected chi connectivity index (χ4v) is 2.61. The highest BCUT2D eigenvalue weighted by atomic mass is 35.5. The number of aliphatic imine (C=N–C) groups is 1. The quantitative estimate of drug-likeness (QED) is 0.512. The van der Waals surface area contributed by atoms with Crippen LogP contribution in [-0.4, -0.2) is 25.0 Å². The van der Waals surface area contributed by atoms with Gasteiger partial charge in [-0.2, -0.15) is 0 Å².